The van der Waals surface area contributed by atoms with Gasteiger partial charge in [-0.25, -0.2) is 4.79 Å². The van der Waals surface area contributed by atoms with Crippen LogP contribution in [0.2, 0.25) is 0 Å². The molecule has 2 aliphatic rings. The summed E-state index contributed by atoms with van der Waals surface area (Å²) >= 11 is 0. The van der Waals surface area contributed by atoms with Crippen LogP contribution in [-0.2, 0) is 23.2 Å². The first-order chi connectivity index (χ1) is 9.27. The van der Waals surface area contributed by atoms with Gasteiger partial charge in [0.25, 0.3) is 0 Å². The lowest BCUT2D eigenvalue weighted by atomic mass is 9.78. The highest BCUT2D eigenvalue weighted by molar-refractivity contribution is 5.48. The van der Waals surface area contributed by atoms with Gasteiger partial charge in [-0.15, -0.1) is 0 Å². The third-order valence-corrected chi connectivity index (χ3v) is 4.96. The Bertz CT molecular complexity index is 534. The van der Waals surface area contributed by atoms with Crippen molar-refractivity contribution >= 4 is 6.08 Å². The molecule has 0 N–H and O–H groups in total. The molecule has 0 saturated heterocycles. The zero-order valence-electron chi connectivity index (χ0n) is 11.7. The first-order valence-electron chi connectivity index (χ1n) is 7.48. The minimum absolute atomic E-state index is 0.253. The monoisotopic (exact) mass is 255 g/mol. The highest BCUT2D eigenvalue weighted by atomic mass is 16.1. The van der Waals surface area contributed by atoms with Crippen LogP contribution in [0.25, 0.3) is 0 Å². The molecule has 0 aromatic heterocycles. The number of rotatable bonds is 2. The predicted octanol–water partition coefficient (Wildman–Crippen LogP) is 3.98. The molecule has 0 spiro atoms. The topological polar surface area (TPSA) is 29.4 Å². The largest absolute Gasteiger partial charge is 0.235 e. The van der Waals surface area contributed by atoms with Crippen LogP contribution in [0.5, 0.6) is 0 Å². The number of hydrogen-bond donors (Lipinski definition) is 0. The summed E-state index contributed by atoms with van der Waals surface area (Å²) in [6, 6.07) is 4.45. The van der Waals surface area contributed by atoms with Gasteiger partial charge < -0.3 is 0 Å². The number of carbonyl (C=O) groups excluding carboxylic acids is 1. The minimum Gasteiger partial charge on any atom is -0.211 e. The Kier molecular flexibility index (Phi) is 3.28. The summed E-state index contributed by atoms with van der Waals surface area (Å²) < 4.78 is 0. The van der Waals surface area contributed by atoms with Crippen LogP contribution in [0, 0.1) is 6.92 Å². The molecule has 2 nitrogen and oxygen atoms in total. The lowest BCUT2D eigenvalue weighted by molar-refractivity contribution is 0.448. The van der Waals surface area contributed by atoms with E-state index >= 15 is 0 Å². The Balaban J connectivity index is 2.16. The summed E-state index contributed by atoms with van der Waals surface area (Å²) in [7, 11) is 0. The van der Waals surface area contributed by atoms with Gasteiger partial charge in [0.15, 0.2) is 0 Å². The molecule has 0 atom stereocenters. The van der Waals surface area contributed by atoms with Gasteiger partial charge in [0.1, 0.15) is 0 Å². The lowest BCUT2D eigenvalue weighted by Gasteiger charge is -2.30. The molecule has 0 bridgehead atoms. The highest BCUT2D eigenvalue weighted by Crippen LogP contribution is 2.45. The van der Waals surface area contributed by atoms with Gasteiger partial charge in [0, 0.05) is 0 Å². The molecular weight excluding hydrogens is 234 g/mol. The Labute approximate surface area is 114 Å². The fourth-order valence-corrected chi connectivity index (χ4v) is 3.97. The van der Waals surface area contributed by atoms with E-state index in [1.54, 1.807) is 0 Å². The van der Waals surface area contributed by atoms with Crippen molar-refractivity contribution in [3.8, 4) is 0 Å². The summed E-state index contributed by atoms with van der Waals surface area (Å²) in [6.45, 7) is 2.21. The molecule has 1 aromatic rings. The van der Waals surface area contributed by atoms with E-state index < -0.39 is 0 Å². The normalized spacial score (nSPS) is 20.7. The van der Waals surface area contributed by atoms with Gasteiger partial charge in [0.2, 0.25) is 6.08 Å². The fraction of sp³-hybridized carbons (Fsp3) is 0.588. The second-order valence-corrected chi connectivity index (χ2v) is 6.04. The maximum Gasteiger partial charge on any atom is 0.235 e. The van der Waals surface area contributed by atoms with Gasteiger partial charge in [-0.1, -0.05) is 25.0 Å². The molecule has 1 aromatic carbocycles. The van der Waals surface area contributed by atoms with E-state index in [0.717, 1.165) is 19.3 Å². The maximum atomic E-state index is 10.9. The molecule has 1 saturated carbocycles. The Morgan fingerprint density at radius 1 is 1.05 bits per heavy atom. The first-order valence-corrected chi connectivity index (χ1v) is 7.48. The second kappa shape index (κ2) is 4.94. The fourth-order valence-electron chi connectivity index (χ4n) is 3.97. The highest BCUT2D eigenvalue weighted by Gasteiger charge is 2.38. The van der Waals surface area contributed by atoms with Crippen LogP contribution in [0.15, 0.2) is 17.1 Å². The molecule has 100 valence electrons. The van der Waals surface area contributed by atoms with Crippen LogP contribution in [0.4, 0.5) is 0 Å². The quantitative estimate of drug-likeness (QED) is 0.580. The van der Waals surface area contributed by atoms with Gasteiger partial charge in [-0.3, -0.25) is 0 Å². The van der Waals surface area contributed by atoms with E-state index in [1.165, 1.54) is 54.4 Å². The van der Waals surface area contributed by atoms with Crippen molar-refractivity contribution in [2.24, 2.45) is 4.99 Å². The molecular formula is C17H21NO. The van der Waals surface area contributed by atoms with Crippen LogP contribution < -0.4 is 0 Å². The van der Waals surface area contributed by atoms with Crippen molar-refractivity contribution in [1.82, 2.24) is 0 Å². The molecule has 19 heavy (non-hydrogen) atoms. The minimum atomic E-state index is -0.253. The Morgan fingerprint density at radius 2 is 1.74 bits per heavy atom. The summed E-state index contributed by atoms with van der Waals surface area (Å²) in [5, 5.41) is 0. The Hall–Kier alpha value is -1.40. The summed E-state index contributed by atoms with van der Waals surface area (Å²) in [6.07, 6.45) is 11.1. The third-order valence-electron chi connectivity index (χ3n) is 4.96. The van der Waals surface area contributed by atoms with Crippen molar-refractivity contribution in [2.45, 2.75) is 63.8 Å². The van der Waals surface area contributed by atoms with Crippen molar-refractivity contribution in [3.05, 3.63) is 34.4 Å². The van der Waals surface area contributed by atoms with Crippen molar-refractivity contribution in [2.75, 3.05) is 0 Å². The van der Waals surface area contributed by atoms with Crippen LogP contribution in [0.3, 0.4) is 0 Å². The first kappa shape index (κ1) is 12.6. The standard InChI is InChI=1S/C17H21NO/c1-13-8-9-16(15-7-3-2-6-14(13)15)17(18-12-19)10-4-5-11-17/h8-9H,2-7,10-11H2,1H3. The van der Waals surface area contributed by atoms with E-state index in [0.29, 0.717) is 0 Å². The molecule has 3 rings (SSSR count). The van der Waals surface area contributed by atoms with Crippen LogP contribution in [0.1, 0.15) is 60.8 Å². The van der Waals surface area contributed by atoms with Crippen molar-refractivity contribution in [3.63, 3.8) is 0 Å². The average Bonchev–Trinajstić information content (AvgIpc) is 2.89. The number of benzene rings is 1. The molecule has 2 aliphatic carbocycles. The van der Waals surface area contributed by atoms with Crippen LogP contribution in [-0.4, -0.2) is 6.08 Å². The predicted molar refractivity (Wildman–Crippen MR) is 76.1 cm³/mol. The zero-order chi connectivity index (χ0) is 13.3. The number of isocyanates is 1. The molecule has 0 aliphatic heterocycles. The number of hydrogen-bond acceptors (Lipinski definition) is 2. The van der Waals surface area contributed by atoms with E-state index in [-0.39, 0.29) is 5.54 Å². The zero-order valence-corrected chi connectivity index (χ0v) is 11.7. The molecule has 0 amide bonds. The molecule has 0 unspecified atom stereocenters. The number of nitrogens with zero attached hydrogens (tertiary/aromatic N) is 1. The van der Waals surface area contributed by atoms with E-state index in [4.69, 9.17) is 0 Å². The van der Waals surface area contributed by atoms with E-state index in [9.17, 15) is 4.79 Å². The van der Waals surface area contributed by atoms with Crippen LogP contribution >= 0.6 is 0 Å². The van der Waals surface area contributed by atoms with Gasteiger partial charge >= 0.3 is 0 Å². The van der Waals surface area contributed by atoms with Crippen molar-refractivity contribution < 1.29 is 4.79 Å². The van der Waals surface area contributed by atoms with Gasteiger partial charge in [0.05, 0.1) is 5.54 Å². The van der Waals surface area contributed by atoms with Crippen molar-refractivity contribution in [1.29, 1.82) is 0 Å². The number of fused-ring (bicyclic) bond motifs is 1. The molecule has 0 heterocycles. The van der Waals surface area contributed by atoms with E-state index in [1.807, 2.05) is 6.08 Å². The smallest absolute Gasteiger partial charge is 0.211 e. The lowest BCUT2D eigenvalue weighted by Crippen LogP contribution is -2.23. The second-order valence-electron chi connectivity index (χ2n) is 6.04. The third kappa shape index (κ3) is 2.04. The summed E-state index contributed by atoms with van der Waals surface area (Å²) in [5.74, 6) is 0. The SMILES string of the molecule is Cc1ccc(C2(N=C=O)CCCC2)c2c1CCCC2. The average molecular weight is 255 g/mol. The van der Waals surface area contributed by atoms with Gasteiger partial charge in [-0.2, -0.15) is 4.99 Å². The molecule has 1 fully saturated rings. The van der Waals surface area contributed by atoms with Gasteiger partial charge in [-0.05, 0) is 67.7 Å². The number of aryl methyl sites for hydroxylation is 1. The molecule has 2 heteroatoms. The molecule has 0 radical (unpaired) electrons. The Morgan fingerprint density at radius 3 is 2.42 bits per heavy atom. The summed E-state index contributed by atoms with van der Waals surface area (Å²) in [4.78, 5) is 15.1. The maximum absolute atomic E-state index is 10.9. The van der Waals surface area contributed by atoms with E-state index in [2.05, 4.69) is 24.0 Å². The number of aliphatic imine (C=N–C) groups is 1. The summed E-state index contributed by atoms with van der Waals surface area (Å²) in [5.41, 5.74) is 5.50.